The van der Waals surface area contributed by atoms with Crippen molar-refractivity contribution in [3.63, 3.8) is 0 Å². The van der Waals surface area contributed by atoms with Crippen LogP contribution >= 0.6 is 0 Å². The maximum atomic E-state index is 3.98. The van der Waals surface area contributed by atoms with Gasteiger partial charge in [0.25, 0.3) is 0 Å². The molecular weight excluding hydrogens is 240 g/mol. The lowest BCUT2D eigenvalue weighted by atomic mass is 9.91. The van der Waals surface area contributed by atoms with Crippen LogP contribution in [0.2, 0.25) is 0 Å². The number of allylic oxidation sites excluding steroid dienone is 2. The van der Waals surface area contributed by atoms with Gasteiger partial charge in [-0.1, -0.05) is 97.4 Å². The minimum atomic E-state index is 0.868. The molecule has 0 spiro atoms. The van der Waals surface area contributed by atoms with Gasteiger partial charge in [0.1, 0.15) is 0 Å². The Balaban J connectivity index is 3.47. The molecule has 0 saturated heterocycles. The molecular formula is C20H38. The third-order valence-electron chi connectivity index (χ3n) is 4.36. The Kier molecular flexibility index (Phi) is 11.9. The lowest BCUT2D eigenvalue weighted by Gasteiger charge is -2.15. The summed E-state index contributed by atoms with van der Waals surface area (Å²) >= 11 is 0. The Morgan fingerprint density at radius 3 is 1.70 bits per heavy atom. The van der Waals surface area contributed by atoms with Gasteiger partial charge in [0.05, 0.1) is 0 Å². The molecule has 0 N–H and O–H groups in total. The van der Waals surface area contributed by atoms with Gasteiger partial charge >= 0.3 is 0 Å². The summed E-state index contributed by atoms with van der Waals surface area (Å²) in [6.45, 7) is 17.2. The first kappa shape index (κ1) is 19.5. The minimum absolute atomic E-state index is 0.868. The molecule has 0 heteroatoms. The lowest BCUT2D eigenvalue weighted by molar-refractivity contribution is 0.389. The Morgan fingerprint density at radius 1 is 0.800 bits per heavy atom. The smallest absolute Gasteiger partial charge is 0.0285 e. The molecule has 0 aliphatic heterocycles. The van der Waals surface area contributed by atoms with Crippen LogP contribution in [0.4, 0.5) is 0 Å². The van der Waals surface area contributed by atoms with Crippen molar-refractivity contribution in [1.82, 2.24) is 0 Å². The summed E-state index contributed by atoms with van der Waals surface area (Å²) in [7, 11) is 0. The van der Waals surface area contributed by atoms with Gasteiger partial charge in [0, 0.05) is 0 Å². The summed E-state index contributed by atoms with van der Waals surface area (Å²) in [5, 5.41) is 0. The molecule has 0 amide bonds. The summed E-state index contributed by atoms with van der Waals surface area (Å²) in [4.78, 5) is 0. The molecule has 0 nitrogen and oxygen atoms in total. The standard InChI is InChI=1S/C20H38/c1-7-18(4)12-9-14-20(6)16-10-15-19(5)13-8-11-17(2)3/h7,17,19-20H,1,4,8-16H2,2-3,5-6H3/t19-,20+/m0/s1. The van der Waals surface area contributed by atoms with Crippen molar-refractivity contribution in [2.75, 3.05) is 0 Å². The van der Waals surface area contributed by atoms with E-state index in [0.29, 0.717) is 0 Å². The van der Waals surface area contributed by atoms with Crippen LogP contribution in [0.15, 0.2) is 24.8 Å². The molecule has 2 atom stereocenters. The molecule has 0 aromatic heterocycles. The van der Waals surface area contributed by atoms with E-state index in [9.17, 15) is 0 Å². The highest BCUT2D eigenvalue weighted by molar-refractivity contribution is 5.10. The van der Waals surface area contributed by atoms with Gasteiger partial charge in [-0.3, -0.25) is 0 Å². The van der Waals surface area contributed by atoms with Crippen molar-refractivity contribution in [3.8, 4) is 0 Å². The van der Waals surface area contributed by atoms with Crippen molar-refractivity contribution >= 4 is 0 Å². The highest BCUT2D eigenvalue weighted by atomic mass is 14.1. The molecule has 0 fully saturated rings. The quantitative estimate of drug-likeness (QED) is 0.313. The fourth-order valence-corrected chi connectivity index (χ4v) is 2.76. The molecule has 0 rings (SSSR count). The monoisotopic (exact) mass is 278 g/mol. The fraction of sp³-hybridized carbons (Fsp3) is 0.800. The second-order valence-electron chi connectivity index (χ2n) is 7.22. The first-order chi connectivity index (χ1) is 9.45. The molecule has 0 aliphatic rings. The van der Waals surface area contributed by atoms with Crippen molar-refractivity contribution in [1.29, 1.82) is 0 Å². The van der Waals surface area contributed by atoms with E-state index in [2.05, 4.69) is 40.9 Å². The van der Waals surface area contributed by atoms with Crippen LogP contribution < -0.4 is 0 Å². The molecule has 0 aliphatic carbocycles. The maximum absolute atomic E-state index is 3.98. The van der Waals surface area contributed by atoms with Gasteiger partial charge in [0.2, 0.25) is 0 Å². The summed E-state index contributed by atoms with van der Waals surface area (Å²) < 4.78 is 0. The van der Waals surface area contributed by atoms with E-state index in [1.807, 2.05) is 6.08 Å². The molecule has 0 heterocycles. The zero-order chi connectivity index (χ0) is 15.4. The van der Waals surface area contributed by atoms with E-state index in [1.54, 1.807) is 0 Å². The Bertz CT molecular complexity index is 249. The highest BCUT2D eigenvalue weighted by Gasteiger charge is 2.06. The van der Waals surface area contributed by atoms with E-state index in [4.69, 9.17) is 0 Å². The predicted octanol–water partition coefficient (Wildman–Crippen LogP) is 7.17. The van der Waals surface area contributed by atoms with Crippen molar-refractivity contribution in [3.05, 3.63) is 24.8 Å². The number of hydrogen-bond donors (Lipinski definition) is 0. The van der Waals surface area contributed by atoms with Crippen LogP contribution in [0.1, 0.15) is 85.5 Å². The molecule has 20 heavy (non-hydrogen) atoms. The summed E-state index contributed by atoms with van der Waals surface area (Å²) in [5.74, 6) is 2.66. The third-order valence-corrected chi connectivity index (χ3v) is 4.36. The van der Waals surface area contributed by atoms with Crippen LogP contribution in [0.3, 0.4) is 0 Å². The predicted molar refractivity (Wildman–Crippen MR) is 94.1 cm³/mol. The summed E-state index contributed by atoms with van der Waals surface area (Å²) in [6.07, 6.45) is 14.1. The van der Waals surface area contributed by atoms with Gasteiger partial charge < -0.3 is 0 Å². The van der Waals surface area contributed by atoms with Crippen LogP contribution in [0.5, 0.6) is 0 Å². The average molecular weight is 279 g/mol. The summed E-state index contributed by atoms with van der Waals surface area (Å²) in [6, 6.07) is 0. The van der Waals surface area contributed by atoms with Crippen LogP contribution in [0.25, 0.3) is 0 Å². The molecule has 0 aromatic carbocycles. The Morgan fingerprint density at radius 2 is 1.25 bits per heavy atom. The molecule has 0 bridgehead atoms. The van der Waals surface area contributed by atoms with Crippen molar-refractivity contribution in [2.45, 2.75) is 85.5 Å². The first-order valence-corrected chi connectivity index (χ1v) is 8.75. The highest BCUT2D eigenvalue weighted by Crippen LogP contribution is 2.21. The first-order valence-electron chi connectivity index (χ1n) is 8.75. The summed E-state index contributed by atoms with van der Waals surface area (Å²) in [5.41, 5.74) is 1.19. The molecule has 118 valence electrons. The van der Waals surface area contributed by atoms with E-state index in [-0.39, 0.29) is 0 Å². The second kappa shape index (κ2) is 12.2. The number of hydrogen-bond acceptors (Lipinski definition) is 0. The maximum Gasteiger partial charge on any atom is -0.0285 e. The molecule has 0 radical (unpaired) electrons. The topological polar surface area (TPSA) is 0 Å². The fourth-order valence-electron chi connectivity index (χ4n) is 2.76. The zero-order valence-corrected chi connectivity index (χ0v) is 14.6. The van der Waals surface area contributed by atoms with Gasteiger partial charge in [0.15, 0.2) is 0 Å². The molecule has 0 unspecified atom stereocenters. The Labute approximate surface area is 128 Å². The van der Waals surface area contributed by atoms with Crippen molar-refractivity contribution < 1.29 is 0 Å². The van der Waals surface area contributed by atoms with Crippen molar-refractivity contribution in [2.24, 2.45) is 17.8 Å². The van der Waals surface area contributed by atoms with E-state index in [1.165, 1.54) is 56.9 Å². The van der Waals surface area contributed by atoms with Gasteiger partial charge in [-0.05, 0) is 30.6 Å². The third kappa shape index (κ3) is 12.5. The van der Waals surface area contributed by atoms with Gasteiger partial charge in [-0.15, -0.1) is 0 Å². The lowest BCUT2D eigenvalue weighted by Crippen LogP contribution is -2.00. The van der Waals surface area contributed by atoms with E-state index < -0.39 is 0 Å². The van der Waals surface area contributed by atoms with Crippen LogP contribution in [-0.4, -0.2) is 0 Å². The zero-order valence-electron chi connectivity index (χ0n) is 14.6. The van der Waals surface area contributed by atoms with Gasteiger partial charge in [-0.25, -0.2) is 0 Å². The molecule has 0 aromatic rings. The van der Waals surface area contributed by atoms with E-state index >= 15 is 0 Å². The number of rotatable bonds is 13. The Hall–Kier alpha value is -0.520. The molecule has 0 saturated carbocycles. The van der Waals surface area contributed by atoms with Crippen LogP contribution in [-0.2, 0) is 0 Å². The minimum Gasteiger partial charge on any atom is -0.0988 e. The van der Waals surface area contributed by atoms with Gasteiger partial charge in [-0.2, -0.15) is 0 Å². The van der Waals surface area contributed by atoms with Crippen LogP contribution in [0, 0.1) is 17.8 Å². The largest absolute Gasteiger partial charge is 0.0988 e. The SMILES string of the molecule is C=CC(=C)CCC[C@@H](C)CCC[C@@H](C)CCCC(C)C. The normalized spacial score (nSPS) is 14.2. The second-order valence-corrected chi connectivity index (χ2v) is 7.22. The van der Waals surface area contributed by atoms with E-state index in [0.717, 1.165) is 24.2 Å². The average Bonchev–Trinajstić information content (AvgIpc) is 2.38.